The van der Waals surface area contributed by atoms with Gasteiger partial charge in [0.25, 0.3) is 5.91 Å². The van der Waals surface area contributed by atoms with Crippen LogP contribution in [0.4, 0.5) is 0 Å². The van der Waals surface area contributed by atoms with Gasteiger partial charge in [-0.15, -0.1) is 0 Å². The molecule has 2 aliphatic rings. The lowest BCUT2D eigenvalue weighted by molar-refractivity contribution is -0.134. The summed E-state index contributed by atoms with van der Waals surface area (Å²) >= 11 is 5.98. The highest BCUT2D eigenvalue weighted by molar-refractivity contribution is 6.30. The Bertz CT molecular complexity index is 702. The number of carbonyl (C=O) groups is 2. The molecule has 2 amide bonds. The number of hydrogen-bond donors (Lipinski definition) is 2. The van der Waals surface area contributed by atoms with Gasteiger partial charge in [-0.05, 0) is 43.4 Å². The molecule has 1 fully saturated rings. The Labute approximate surface area is 146 Å². The molecule has 0 aromatic heterocycles. The number of halogens is 1. The third kappa shape index (κ3) is 3.70. The van der Waals surface area contributed by atoms with Gasteiger partial charge in [-0.2, -0.15) is 0 Å². The zero-order valence-corrected chi connectivity index (χ0v) is 14.3. The number of carbonyl (C=O) groups excluding carboxylic acids is 2. The van der Waals surface area contributed by atoms with Crippen molar-refractivity contribution in [1.82, 2.24) is 10.2 Å². The quantitative estimate of drug-likeness (QED) is 0.819. The first-order valence-electron chi connectivity index (χ1n) is 8.06. The summed E-state index contributed by atoms with van der Waals surface area (Å²) in [4.78, 5) is 30.5. The minimum Gasteiger partial charge on any atom is -0.369 e. The van der Waals surface area contributed by atoms with Crippen LogP contribution >= 0.6 is 11.6 Å². The zero-order chi connectivity index (χ0) is 17.3. The van der Waals surface area contributed by atoms with Gasteiger partial charge in [0.2, 0.25) is 5.91 Å². The third-order valence-corrected chi connectivity index (χ3v) is 4.60. The topological polar surface area (TPSA) is 87.8 Å². The van der Waals surface area contributed by atoms with Crippen LogP contribution in [0.3, 0.4) is 0 Å². The molecule has 1 heterocycles. The van der Waals surface area contributed by atoms with E-state index in [1.54, 1.807) is 19.1 Å². The van der Waals surface area contributed by atoms with Crippen LogP contribution in [0.5, 0.6) is 0 Å². The second kappa shape index (κ2) is 6.43. The third-order valence-electron chi connectivity index (χ3n) is 4.36. The van der Waals surface area contributed by atoms with Crippen molar-refractivity contribution in [3.8, 4) is 0 Å². The lowest BCUT2D eigenvalue weighted by Gasteiger charge is -2.22. The minimum absolute atomic E-state index is 0.00526. The van der Waals surface area contributed by atoms with Gasteiger partial charge in [0, 0.05) is 11.6 Å². The highest BCUT2D eigenvalue weighted by atomic mass is 35.5. The van der Waals surface area contributed by atoms with E-state index in [9.17, 15) is 9.59 Å². The summed E-state index contributed by atoms with van der Waals surface area (Å²) in [5, 5.41) is 3.46. The first kappa shape index (κ1) is 16.8. The second-order valence-electron chi connectivity index (χ2n) is 6.69. The molecule has 0 radical (unpaired) electrons. The summed E-state index contributed by atoms with van der Waals surface area (Å²) in [5.74, 6) is 0.298. The number of benzene rings is 1. The van der Waals surface area contributed by atoms with Crippen molar-refractivity contribution in [3.63, 3.8) is 0 Å². The van der Waals surface area contributed by atoms with E-state index in [-0.39, 0.29) is 30.7 Å². The van der Waals surface area contributed by atoms with E-state index in [0.717, 1.165) is 18.4 Å². The van der Waals surface area contributed by atoms with Crippen molar-refractivity contribution < 1.29 is 9.59 Å². The van der Waals surface area contributed by atoms with Crippen LogP contribution in [-0.2, 0) is 16.1 Å². The standard InChI is InChI=1S/C17H21ClN4O2/c1-17(8-14(23)20-9-11-5-6-11)15(24)22(16(19)21-17)10-12-3-2-4-13(18)7-12/h2-4,7,11H,5-6,8-10H2,1H3,(H2,19,21)(H,20,23). The number of guanidine groups is 1. The largest absolute Gasteiger partial charge is 0.369 e. The molecule has 1 aliphatic carbocycles. The average molecular weight is 349 g/mol. The fraction of sp³-hybridized carbons (Fsp3) is 0.471. The average Bonchev–Trinajstić information content (AvgIpc) is 3.31. The van der Waals surface area contributed by atoms with E-state index in [4.69, 9.17) is 17.3 Å². The van der Waals surface area contributed by atoms with E-state index in [1.807, 2.05) is 12.1 Å². The molecule has 0 bridgehead atoms. The molecule has 1 unspecified atom stereocenters. The molecule has 3 N–H and O–H groups in total. The molecule has 0 spiro atoms. The number of aliphatic imine (C=N–C) groups is 1. The molecule has 1 saturated carbocycles. The minimum atomic E-state index is -1.14. The Hall–Kier alpha value is -2.08. The fourth-order valence-corrected chi connectivity index (χ4v) is 3.01. The Morgan fingerprint density at radius 2 is 2.25 bits per heavy atom. The van der Waals surface area contributed by atoms with E-state index in [1.165, 1.54) is 4.90 Å². The number of nitrogens with two attached hydrogens (primary N) is 1. The van der Waals surface area contributed by atoms with E-state index in [0.29, 0.717) is 17.5 Å². The molecule has 1 aromatic rings. The molecule has 1 aromatic carbocycles. The zero-order valence-electron chi connectivity index (χ0n) is 13.6. The van der Waals surface area contributed by atoms with Gasteiger partial charge in [0.15, 0.2) is 5.96 Å². The number of rotatable bonds is 6. The smallest absolute Gasteiger partial charge is 0.257 e. The Kier molecular flexibility index (Phi) is 4.49. The number of amides is 2. The lowest BCUT2D eigenvalue weighted by Crippen LogP contribution is -2.44. The molecule has 7 heteroatoms. The Balaban J connectivity index is 1.65. The summed E-state index contributed by atoms with van der Waals surface area (Å²) in [5.41, 5.74) is 5.64. The van der Waals surface area contributed by atoms with Gasteiger partial charge in [-0.1, -0.05) is 23.7 Å². The van der Waals surface area contributed by atoms with Crippen LogP contribution in [0.2, 0.25) is 5.02 Å². The van der Waals surface area contributed by atoms with E-state index < -0.39 is 5.54 Å². The number of nitrogens with one attached hydrogen (secondary N) is 1. The molecule has 6 nitrogen and oxygen atoms in total. The number of hydrogen-bond acceptors (Lipinski definition) is 4. The van der Waals surface area contributed by atoms with Gasteiger partial charge in [0.1, 0.15) is 5.54 Å². The Morgan fingerprint density at radius 1 is 1.50 bits per heavy atom. The monoisotopic (exact) mass is 348 g/mol. The number of nitrogens with zero attached hydrogens (tertiary/aromatic N) is 2. The fourth-order valence-electron chi connectivity index (χ4n) is 2.80. The normalized spacial score (nSPS) is 23.3. The molecule has 128 valence electrons. The van der Waals surface area contributed by atoms with Crippen LogP contribution in [0.25, 0.3) is 0 Å². The van der Waals surface area contributed by atoms with E-state index in [2.05, 4.69) is 10.3 Å². The second-order valence-corrected chi connectivity index (χ2v) is 7.13. The maximum Gasteiger partial charge on any atom is 0.257 e. The first-order chi connectivity index (χ1) is 11.4. The van der Waals surface area contributed by atoms with Crippen LogP contribution in [-0.4, -0.2) is 34.8 Å². The van der Waals surface area contributed by atoms with Crippen LogP contribution in [0.15, 0.2) is 29.3 Å². The summed E-state index contributed by atoms with van der Waals surface area (Å²) in [6.45, 7) is 2.61. The van der Waals surface area contributed by atoms with Gasteiger partial charge in [-0.3, -0.25) is 14.5 Å². The first-order valence-corrected chi connectivity index (χ1v) is 8.43. The van der Waals surface area contributed by atoms with Crippen molar-refractivity contribution in [2.45, 2.75) is 38.3 Å². The predicted octanol–water partition coefficient (Wildman–Crippen LogP) is 1.67. The molecular formula is C17H21ClN4O2. The van der Waals surface area contributed by atoms with Crippen molar-refractivity contribution in [2.75, 3.05) is 6.54 Å². The summed E-state index contributed by atoms with van der Waals surface area (Å²) in [6, 6.07) is 7.23. The van der Waals surface area contributed by atoms with Crippen molar-refractivity contribution in [2.24, 2.45) is 16.6 Å². The Morgan fingerprint density at radius 3 is 2.92 bits per heavy atom. The summed E-state index contributed by atoms with van der Waals surface area (Å²) in [6.07, 6.45) is 2.33. The molecule has 0 saturated heterocycles. The van der Waals surface area contributed by atoms with Crippen LogP contribution in [0.1, 0.15) is 31.7 Å². The van der Waals surface area contributed by atoms with Crippen LogP contribution in [0, 0.1) is 5.92 Å². The van der Waals surface area contributed by atoms with E-state index >= 15 is 0 Å². The molecule has 1 atom stereocenters. The molecular weight excluding hydrogens is 328 g/mol. The lowest BCUT2D eigenvalue weighted by atomic mass is 9.97. The highest BCUT2D eigenvalue weighted by Crippen LogP contribution is 2.29. The van der Waals surface area contributed by atoms with Gasteiger partial charge in [0.05, 0.1) is 13.0 Å². The molecule has 1 aliphatic heterocycles. The van der Waals surface area contributed by atoms with Crippen molar-refractivity contribution in [1.29, 1.82) is 0 Å². The summed E-state index contributed by atoms with van der Waals surface area (Å²) in [7, 11) is 0. The van der Waals surface area contributed by atoms with Crippen LogP contribution < -0.4 is 11.1 Å². The van der Waals surface area contributed by atoms with Crippen molar-refractivity contribution >= 4 is 29.4 Å². The maximum absolute atomic E-state index is 12.7. The SMILES string of the molecule is CC1(CC(=O)NCC2CC2)N=C(N)N(Cc2cccc(Cl)c2)C1=O. The maximum atomic E-state index is 12.7. The van der Waals surface area contributed by atoms with Gasteiger partial charge in [-0.25, -0.2) is 4.99 Å². The molecule has 24 heavy (non-hydrogen) atoms. The van der Waals surface area contributed by atoms with Crippen molar-refractivity contribution in [3.05, 3.63) is 34.9 Å². The van der Waals surface area contributed by atoms with Gasteiger partial charge < -0.3 is 11.1 Å². The summed E-state index contributed by atoms with van der Waals surface area (Å²) < 4.78 is 0. The van der Waals surface area contributed by atoms with Gasteiger partial charge >= 0.3 is 0 Å². The highest BCUT2D eigenvalue weighted by Gasteiger charge is 2.45. The molecule has 3 rings (SSSR count). The predicted molar refractivity (Wildman–Crippen MR) is 92.4 cm³/mol.